The fourth-order valence-corrected chi connectivity index (χ4v) is 2.57. The van der Waals surface area contributed by atoms with Crippen molar-refractivity contribution in [2.75, 3.05) is 10.6 Å². The van der Waals surface area contributed by atoms with Gasteiger partial charge in [-0.2, -0.15) is 0 Å². The lowest BCUT2D eigenvalue weighted by Crippen LogP contribution is -2.14. The van der Waals surface area contributed by atoms with Crippen LogP contribution in [0, 0.1) is 0 Å². The van der Waals surface area contributed by atoms with Gasteiger partial charge in [-0.15, -0.1) is 0 Å². The van der Waals surface area contributed by atoms with Crippen LogP contribution in [-0.4, -0.2) is 22.3 Å². The molecule has 0 spiro atoms. The molecule has 5 heteroatoms. The van der Waals surface area contributed by atoms with E-state index in [1.807, 2.05) is 18.2 Å². The van der Waals surface area contributed by atoms with Crippen LogP contribution in [0.2, 0.25) is 0 Å². The van der Waals surface area contributed by atoms with Crippen LogP contribution < -0.4 is 5.32 Å². The number of halogens is 1. The summed E-state index contributed by atoms with van der Waals surface area (Å²) in [5.41, 5.74) is 2.77. The highest BCUT2D eigenvalue weighted by Gasteiger charge is 2.12. The molecule has 2 aromatic rings. The van der Waals surface area contributed by atoms with Crippen molar-refractivity contribution in [3.05, 3.63) is 65.2 Å². The van der Waals surface area contributed by atoms with Gasteiger partial charge >= 0.3 is 5.97 Å². The van der Waals surface area contributed by atoms with Crippen molar-refractivity contribution in [3.8, 4) is 0 Å². The molecule has 0 aromatic heterocycles. The highest BCUT2D eigenvalue weighted by Crippen LogP contribution is 2.20. The number of amides is 1. The van der Waals surface area contributed by atoms with Crippen molar-refractivity contribution in [3.63, 3.8) is 0 Å². The van der Waals surface area contributed by atoms with Crippen LogP contribution in [0.15, 0.2) is 48.5 Å². The number of alkyl halides is 1. The lowest BCUT2D eigenvalue weighted by Gasteiger charge is -2.12. The third kappa shape index (κ3) is 5.21. The Labute approximate surface area is 143 Å². The Morgan fingerprint density at radius 2 is 1.83 bits per heavy atom. The number of carbonyl (C=O) groups excluding carboxylic acids is 1. The molecule has 1 amide bonds. The lowest BCUT2D eigenvalue weighted by molar-refractivity contribution is -0.136. The molecule has 0 radical (unpaired) electrons. The molecular weight excluding hydrogens is 358 g/mol. The molecule has 0 aliphatic rings. The molecule has 23 heavy (non-hydrogen) atoms. The third-order valence-corrected chi connectivity index (χ3v) is 3.96. The Morgan fingerprint density at radius 3 is 2.48 bits per heavy atom. The van der Waals surface area contributed by atoms with Crippen LogP contribution in [-0.2, 0) is 17.6 Å². The fourth-order valence-electron chi connectivity index (χ4n) is 2.29. The van der Waals surface area contributed by atoms with E-state index >= 15 is 0 Å². The molecular formula is C18H18BrNO3. The van der Waals surface area contributed by atoms with Gasteiger partial charge in [0.25, 0.3) is 5.91 Å². The average Bonchev–Trinajstić information content (AvgIpc) is 2.55. The van der Waals surface area contributed by atoms with Gasteiger partial charge in [-0.05, 0) is 42.2 Å². The molecule has 0 saturated carbocycles. The number of hydrogen-bond donors (Lipinski definition) is 2. The topological polar surface area (TPSA) is 66.4 Å². The zero-order valence-corrected chi connectivity index (χ0v) is 14.2. The van der Waals surface area contributed by atoms with Crippen molar-refractivity contribution in [1.29, 1.82) is 0 Å². The van der Waals surface area contributed by atoms with E-state index in [0.29, 0.717) is 16.8 Å². The maximum absolute atomic E-state index is 12.2. The number of aryl methyl sites for hydroxylation is 1. The predicted octanol–water partition coefficient (Wildman–Crippen LogP) is 3.89. The summed E-state index contributed by atoms with van der Waals surface area (Å²) in [7, 11) is 0. The van der Waals surface area contributed by atoms with Gasteiger partial charge in [-0.25, -0.2) is 0 Å². The Morgan fingerprint density at radius 1 is 1.09 bits per heavy atom. The molecule has 2 aromatic carbocycles. The summed E-state index contributed by atoms with van der Waals surface area (Å²) >= 11 is 3.39. The maximum atomic E-state index is 12.2. The average molecular weight is 376 g/mol. The first-order valence-corrected chi connectivity index (χ1v) is 8.48. The minimum absolute atomic E-state index is 0.118. The van der Waals surface area contributed by atoms with E-state index in [1.54, 1.807) is 30.3 Å². The van der Waals surface area contributed by atoms with E-state index in [0.717, 1.165) is 23.7 Å². The van der Waals surface area contributed by atoms with Crippen LogP contribution >= 0.6 is 15.9 Å². The SMILES string of the molecule is O=C(O)Cc1cc(CCCBr)ccc1NC(=O)c1ccccc1. The first-order chi connectivity index (χ1) is 11.1. The van der Waals surface area contributed by atoms with E-state index in [1.165, 1.54) is 0 Å². The summed E-state index contributed by atoms with van der Waals surface area (Å²) in [4.78, 5) is 23.3. The van der Waals surface area contributed by atoms with Crippen LogP contribution in [0.4, 0.5) is 5.69 Å². The number of carboxylic acid groups (broad SMARTS) is 1. The number of hydrogen-bond acceptors (Lipinski definition) is 2. The summed E-state index contributed by atoms with van der Waals surface area (Å²) in [6.45, 7) is 0. The molecule has 0 fully saturated rings. The summed E-state index contributed by atoms with van der Waals surface area (Å²) in [5.74, 6) is -1.16. The number of anilines is 1. The maximum Gasteiger partial charge on any atom is 0.307 e. The normalized spacial score (nSPS) is 10.3. The number of benzene rings is 2. The third-order valence-electron chi connectivity index (χ3n) is 3.39. The Kier molecular flexibility index (Phi) is 6.35. The Balaban J connectivity index is 2.22. The van der Waals surface area contributed by atoms with Crippen LogP contribution in [0.5, 0.6) is 0 Å². The van der Waals surface area contributed by atoms with Gasteiger partial charge in [0.15, 0.2) is 0 Å². The number of aliphatic carboxylic acids is 1. The van der Waals surface area contributed by atoms with E-state index in [-0.39, 0.29) is 12.3 Å². The standard InChI is InChI=1S/C18H18BrNO3/c19-10-4-5-13-8-9-16(15(11-13)12-17(21)22)20-18(23)14-6-2-1-3-7-14/h1-3,6-9,11H,4-5,10,12H2,(H,20,23)(H,21,22). The van der Waals surface area contributed by atoms with E-state index in [2.05, 4.69) is 21.2 Å². The number of carboxylic acids is 1. The van der Waals surface area contributed by atoms with Crippen LogP contribution in [0.25, 0.3) is 0 Å². The fraction of sp³-hybridized carbons (Fsp3) is 0.222. The smallest absolute Gasteiger partial charge is 0.307 e. The summed E-state index contributed by atoms with van der Waals surface area (Å²) in [6.07, 6.45) is 1.72. The number of rotatable bonds is 7. The first kappa shape index (κ1) is 17.2. The van der Waals surface area contributed by atoms with Crippen molar-refractivity contribution in [1.82, 2.24) is 0 Å². The molecule has 0 unspecified atom stereocenters. The molecule has 0 saturated heterocycles. The predicted molar refractivity (Wildman–Crippen MR) is 94.3 cm³/mol. The zero-order chi connectivity index (χ0) is 16.7. The summed E-state index contributed by atoms with van der Waals surface area (Å²) in [5, 5.41) is 12.8. The lowest BCUT2D eigenvalue weighted by atomic mass is 10.0. The van der Waals surface area contributed by atoms with Gasteiger partial charge in [0, 0.05) is 16.6 Å². The minimum Gasteiger partial charge on any atom is -0.481 e. The second-order valence-electron chi connectivity index (χ2n) is 5.17. The van der Waals surface area contributed by atoms with Gasteiger partial charge in [-0.1, -0.05) is 46.3 Å². The molecule has 2 N–H and O–H groups in total. The van der Waals surface area contributed by atoms with Crippen LogP contribution in [0.1, 0.15) is 27.9 Å². The quantitative estimate of drug-likeness (QED) is 0.721. The van der Waals surface area contributed by atoms with Gasteiger partial charge in [0.1, 0.15) is 0 Å². The summed E-state index contributed by atoms with van der Waals surface area (Å²) < 4.78 is 0. The Bertz CT molecular complexity index is 686. The number of carbonyl (C=O) groups is 2. The highest BCUT2D eigenvalue weighted by molar-refractivity contribution is 9.09. The van der Waals surface area contributed by atoms with Gasteiger partial charge < -0.3 is 10.4 Å². The molecule has 0 bridgehead atoms. The van der Waals surface area contributed by atoms with E-state index in [4.69, 9.17) is 5.11 Å². The molecule has 0 aliphatic heterocycles. The monoisotopic (exact) mass is 375 g/mol. The van der Waals surface area contributed by atoms with Crippen molar-refractivity contribution in [2.24, 2.45) is 0 Å². The second kappa shape index (κ2) is 8.48. The minimum atomic E-state index is -0.919. The Hall–Kier alpha value is -2.14. The molecule has 0 atom stereocenters. The molecule has 2 rings (SSSR count). The van der Waals surface area contributed by atoms with Crippen molar-refractivity contribution >= 4 is 33.5 Å². The number of nitrogens with one attached hydrogen (secondary N) is 1. The molecule has 0 heterocycles. The van der Waals surface area contributed by atoms with E-state index < -0.39 is 5.97 Å². The van der Waals surface area contributed by atoms with Crippen molar-refractivity contribution in [2.45, 2.75) is 19.3 Å². The van der Waals surface area contributed by atoms with Gasteiger partial charge in [0.2, 0.25) is 0 Å². The molecule has 4 nitrogen and oxygen atoms in total. The molecule has 120 valence electrons. The van der Waals surface area contributed by atoms with Gasteiger partial charge in [0.05, 0.1) is 6.42 Å². The van der Waals surface area contributed by atoms with Gasteiger partial charge in [-0.3, -0.25) is 9.59 Å². The summed E-state index contributed by atoms with van der Waals surface area (Å²) in [6, 6.07) is 14.4. The molecule has 0 aliphatic carbocycles. The second-order valence-corrected chi connectivity index (χ2v) is 5.97. The highest BCUT2D eigenvalue weighted by atomic mass is 79.9. The zero-order valence-electron chi connectivity index (χ0n) is 12.6. The first-order valence-electron chi connectivity index (χ1n) is 7.36. The van der Waals surface area contributed by atoms with E-state index in [9.17, 15) is 9.59 Å². The largest absolute Gasteiger partial charge is 0.481 e. The van der Waals surface area contributed by atoms with Crippen molar-refractivity contribution < 1.29 is 14.7 Å². The van der Waals surface area contributed by atoms with Crippen LogP contribution in [0.3, 0.4) is 0 Å².